The van der Waals surface area contributed by atoms with Gasteiger partial charge in [-0.1, -0.05) is 6.07 Å². The maximum absolute atomic E-state index is 12.8. The van der Waals surface area contributed by atoms with Crippen LogP contribution in [0.3, 0.4) is 0 Å². The molecule has 3 aliphatic rings. The number of piperidine rings is 2. The maximum atomic E-state index is 12.8. The number of carbonyl (C=O) groups excluding carboxylic acids is 2. The number of hydrogen-bond donors (Lipinski definition) is 0. The second-order valence-corrected chi connectivity index (χ2v) is 8.72. The minimum Gasteiger partial charge on any atom is -0.378 e. The van der Waals surface area contributed by atoms with Gasteiger partial charge < -0.3 is 14.5 Å². The van der Waals surface area contributed by atoms with E-state index < -0.39 is 0 Å². The van der Waals surface area contributed by atoms with Gasteiger partial charge in [0.25, 0.3) is 5.91 Å². The van der Waals surface area contributed by atoms with Gasteiger partial charge in [-0.05, 0) is 43.7 Å². The smallest absolute Gasteiger partial charge is 0.263 e. The maximum Gasteiger partial charge on any atom is 0.263 e. The van der Waals surface area contributed by atoms with E-state index in [1.54, 1.807) is 0 Å². The van der Waals surface area contributed by atoms with Gasteiger partial charge in [-0.25, -0.2) is 0 Å². The van der Waals surface area contributed by atoms with E-state index >= 15 is 0 Å². The molecule has 4 rings (SSSR count). The predicted molar refractivity (Wildman–Crippen MR) is 105 cm³/mol. The van der Waals surface area contributed by atoms with E-state index in [2.05, 4.69) is 4.90 Å². The molecule has 27 heavy (non-hydrogen) atoms. The number of ether oxygens (including phenoxy) is 1. The highest BCUT2D eigenvalue weighted by Crippen LogP contribution is 2.26. The van der Waals surface area contributed by atoms with Crippen LogP contribution in [0.25, 0.3) is 0 Å². The fourth-order valence-corrected chi connectivity index (χ4v) is 5.26. The summed E-state index contributed by atoms with van der Waals surface area (Å²) >= 11 is 1.52. The average molecular weight is 392 g/mol. The lowest BCUT2D eigenvalue weighted by molar-refractivity contribution is -0.141. The predicted octanol–water partition coefficient (Wildman–Crippen LogP) is 1.92. The van der Waals surface area contributed by atoms with Gasteiger partial charge in [0.2, 0.25) is 5.91 Å². The second kappa shape index (κ2) is 8.71. The molecule has 0 aromatic carbocycles. The molecule has 0 aliphatic carbocycles. The van der Waals surface area contributed by atoms with Gasteiger partial charge in [0.1, 0.15) is 0 Å². The molecule has 7 heteroatoms. The highest BCUT2D eigenvalue weighted by Gasteiger charge is 2.34. The van der Waals surface area contributed by atoms with Gasteiger partial charge in [0.15, 0.2) is 0 Å². The molecule has 0 saturated carbocycles. The van der Waals surface area contributed by atoms with E-state index in [9.17, 15) is 9.59 Å². The van der Waals surface area contributed by atoms with Crippen molar-refractivity contribution in [2.24, 2.45) is 5.92 Å². The van der Waals surface area contributed by atoms with Crippen LogP contribution in [0, 0.1) is 5.92 Å². The van der Waals surface area contributed by atoms with Crippen molar-refractivity contribution in [1.82, 2.24) is 14.7 Å². The number of thiophene rings is 1. The lowest BCUT2D eigenvalue weighted by Gasteiger charge is -2.43. The normalized spacial score (nSPS) is 25.6. The zero-order valence-electron chi connectivity index (χ0n) is 15.8. The van der Waals surface area contributed by atoms with Crippen LogP contribution in [0.2, 0.25) is 0 Å². The number of morpholine rings is 1. The fraction of sp³-hybridized carbons (Fsp3) is 0.700. The van der Waals surface area contributed by atoms with Crippen molar-refractivity contribution in [3.05, 3.63) is 22.4 Å². The molecule has 1 aromatic rings. The Morgan fingerprint density at radius 3 is 2.48 bits per heavy atom. The van der Waals surface area contributed by atoms with E-state index in [-0.39, 0.29) is 11.8 Å². The van der Waals surface area contributed by atoms with Crippen molar-refractivity contribution >= 4 is 23.2 Å². The van der Waals surface area contributed by atoms with Crippen LogP contribution in [0.5, 0.6) is 0 Å². The number of carbonyl (C=O) groups is 2. The van der Waals surface area contributed by atoms with Crippen molar-refractivity contribution in [3.63, 3.8) is 0 Å². The van der Waals surface area contributed by atoms with Crippen LogP contribution in [0.4, 0.5) is 0 Å². The van der Waals surface area contributed by atoms with Crippen LogP contribution < -0.4 is 0 Å². The molecule has 4 heterocycles. The molecule has 3 fully saturated rings. The summed E-state index contributed by atoms with van der Waals surface area (Å²) < 4.78 is 5.37. The van der Waals surface area contributed by atoms with Gasteiger partial charge >= 0.3 is 0 Å². The summed E-state index contributed by atoms with van der Waals surface area (Å²) in [5.74, 6) is 0.610. The van der Waals surface area contributed by atoms with Crippen molar-refractivity contribution in [2.75, 3.05) is 52.5 Å². The summed E-state index contributed by atoms with van der Waals surface area (Å²) in [5.41, 5.74) is 0. The quantitative estimate of drug-likeness (QED) is 0.790. The van der Waals surface area contributed by atoms with E-state index in [1.165, 1.54) is 11.3 Å². The molecule has 6 nitrogen and oxygen atoms in total. The summed E-state index contributed by atoms with van der Waals surface area (Å²) in [4.78, 5) is 32.7. The molecule has 2 amide bonds. The van der Waals surface area contributed by atoms with Crippen molar-refractivity contribution in [1.29, 1.82) is 0 Å². The average Bonchev–Trinajstić information content (AvgIpc) is 3.28. The zero-order valence-corrected chi connectivity index (χ0v) is 16.7. The van der Waals surface area contributed by atoms with E-state index in [4.69, 9.17) is 4.74 Å². The SMILES string of the molecule is O=C(c1cccs1)N1CCC(N2CCC[C@H](C(=O)N3CCOCC3)C2)CC1. The molecular formula is C20H29N3O3S. The molecule has 0 unspecified atom stereocenters. The molecule has 0 bridgehead atoms. The highest BCUT2D eigenvalue weighted by molar-refractivity contribution is 7.12. The Balaban J connectivity index is 1.29. The summed E-state index contributed by atoms with van der Waals surface area (Å²) in [6.07, 6.45) is 4.11. The minimum atomic E-state index is 0.127. The first-order valence-corrected chi connectivity index (χ1v) is 11.0. The Morgan fingerprint density at radius 1 is 1.00 bits per heavy atom. The van der Waals surface area contributed by atoms with Crippen molar-refractivity contribution < 1.29 is 14.3 Å². The van der Waals surface area contributed by atoms with Gasteiger partial charge in [-0.3, -0.25) is 14.5 Å². The first-order valence-electron chi connectivity index (χ1n) is 10.2. The zero-order chi connectivity index (χ0) is 18.6. The third kappa shape index (κ3) is 4.36. The fourth-order valence-electron chi connectivity index (χ4n) is 4.57. The van der Waals surface area contributed by atoms with E-state index in [1.807, 2.05) is 27.3 Å². The molecule has 3 aliphatic heterocycles. The van der Waals surface area contributed by atoms with E-state index in [0.29, 0.717) is 25.2 Å². The molecule has 0 N–H and O–H groups in total. The van der Waals surface area contributed by atoms with Gasteiger partial charge in [0, 0.05) is 38.8 Å². The van der Waals surface area contributed by atoms with Gasteiger partial charge in [-0.15, -0.1) is 11.3 Å². The Kier molecular flexibility index (Phi) is 6.10. The summed E-state index contributed by atoms with van der Waals surface area (Å²) in [6.45, 7) is 6.39. The topological polar surface area (TPSA) is 53.1 Å². The highest BCUT2D eigenvalue weighted by atomic mass is 32.1. The first kappa shape index (κ1) is 18.9. The first-order chi connectivity index (χ1) is 13.2. The Hall–Kier alpha value is -1.44. The molecule has 1 atom stereocenters. The third-order valence-corrected chi connectivity index (χ3v) is 6.98. The van der Waals surface area contributed by atoms with Crippen LogP contribution in [-0.2, 0) is 9.53 Å². The Labute approximate surface area is 165 Å². The van der Waals surface area contributed by atoms with Crippen LogP contribution in [0.1, 0.15) is 35.4 Å². The van der Waals surface area contributed by atoms with Crippen LogP contribution in [-0.4, -0.2) is 85.0 Å². The number of hydrogen-bond acceptors (Lipinski definition) is 5. The van der Waals surface area contributed by atoms with Gasteiger partial charge in [0.05, 0.1) is 24.0 Å². The molecule has 3 saturated heterocycles. The van der Waals surface area contributed by atoms with E-state index in [0.717, 1.165) is 69.8 Å². The molecule has 148 valence electrons. The molecular weight excluding hydrogens is 362 g/mol. The number of amides is 2. The Morgan fingerprint density at radius 2 is 1.78 bits per heavy atom. The van der Waals surface area contributed by atoms with Crippen LogP contribution in [0.15, 0.2) is 17.5 Å². The minimum absolute atomic E-state index is 0.127. The summed E-state index contributed by atoms with van der Waals surface area (Å²) in [5, 5.41) is 1.96. The summed E-state index contributed by atoms with van der Waals surface area (Å²) in [7, 11) is 0. The molecule has 1 aromatic heterocycles. The number of rotatable bonds is 3. The van der Waals surface area contributed by atoms with Crippen molar-refractivity contribution in [2.45, 2.75) is 31.7 Å². The largest absolute Gasteiger partial charge is 0.378 e. The monoisotopic (exact) mass is 391 g/mol. The number of nitrogens with zero attached hydrogens (tertiary/aromatic N) is 3. The second-order valence-electron chi connectivity index (χ2n) is 7.77. The molecule has 0 spiro atoms. The lowest BCUT2D eigenvalue weighted by Crippen LogP contribution is -2.53. The lowest BCUT2D eigenvalue weighted by atomic mass is 9.92. The third-order valence-electron chi connectivity index (χ3n) is 6.12. The standard InChI is InChI=1S/C20H29N3O3S/c24-19(22-10-12-26-13-11-22)16-3-1-7-23(15-16)17-5-8-21(9-6-17)20(25)18-4-2-14-27-18/h2,4,14,16-17H,1,3,5-13,15H2/t16-/m0/s1. The molecule has 0 radical (unpaired) electrons. The van der Waals surface area contributed by atoms with Crippen LogP contribution >= 0.6 is 11.3 Å². The Bertz CT molecular complexity index is 637. The van der Waals surface area contributed by atoms with Gasteiger partial charge in [-0.2, -0.15) is 0 Å². The number of likely N-dealkylation sites (tertiary alicyclic amines) is 2. The summed E-state index contributed by atoms with van der Waals surface area (Å²) in [6, 6.07) is 4.34. The van der Waals surface area contributed by atoms with Crippen molar-refractivity contribution in [3.8, 4) is 0 Å².